The molecule has 2 aliphatic rings. The summed E-state index contributed by atoms with van der Waals surface area (Å²) in [4.78, 5) is 15.7. The van der Waals surface area contributed by atoms with Gasteiger partial charge in [-0.1, -0.05) is 31.2 Å². The van der Waals surface area contributed by atoms with Crippen molar-refractivity contribution in [3.8, 4) is 11.5 Å². The molecule has 0 atom stereocenters. The molecule has 158 valence electrons. The molecular formula is C24H29N3O3. The van der Waals surface area contributed by atoms with E-state index < -0.39 is 5.54 Å². The van der Waals surface area contributed by atoms with Gasteiger partial charge in [0.15, 0.2) is 11.5 Å². The van der Waals surface area contributed by atoms with Gasteiger partial charge >= 0.3 is 0 Å². The van der Waals surface area contributed by atoms with E-state index in [9.17, 15) is 4.79 Å². The second kappa shape index (κ2) is 8.01. The van der Waals surface area contributed by atoms with Crippen molar-refractivity contribution in [3.05, 3.63) is 59.7 Å². The number of nitrogens with zero attached hydrogens (tertiary/aromatic N) is 1. The summed E-state index contributed by atoms with van der Waals surface area (Å²) in [5.41, 5.74) is 0.434. The standard InChI is InChI=1S/C24H29N3O3/c1-16-4-10-19(11-5-16)27-22(28)24(26-23(27)25,17-6-12-20(29-2)13-7-17)18-8-14-21(30-3)15-9-18/h6-9,12-16,19H,4-5,10-11H2,1-3H3,(H2,25,26). The lowest BCUT2D eigenvalue weighted by atomic mass is 9.81. The molecule has 1 aliphatic carbocycles. The first-order valence-corrected chi connectivity index (χ1v) is 10.5. The minimum absolute atomic E-state index is 0.0621. The smallest absolute Gasteiger partial charge is 0.264 e. The lowest BCUT2D eigenvalue weighted by Crippen LogP contribution is -2.47. The van der Waals surface area contributed by atoms with Crippen LogP contribution < -0.4 is 14.8 Å². The summed E-state index contributed by atoms with van der Waals surface area (Å²) in [5.74, 6) is 2.20. The Bertz CT molecular complexity index is 868. The Balaban J connectivity index is 1.78. The number of rotatable bonds is 5. The zero-order valence-corrected chi connectivity index (χ0v) is 17.8. The number of carbonyl (C=O) groups is 1. The van der Waals surface area contributed by atoms with Crippen LogP contribution >= 0.6 is 0 Å². The Kier molecular flexibility index (Phi) is 5.41. The number of carbonyl (C=O) groups excluding carboxylic acids is 1. The Hall–Kier alpha value is -3.02. The van der Waals surface area contributed by atoms with Crippen LogP contribution in [0.5, 0.6) is 11.5 Å². The van der Waals surface area contributed by atoms with Gasteiger partial charge in [-0.3, -0.25) is 15.1 Å². The minimum Gasteiger partial charge on any atom is -0.497 e. The maximum Gasteiger partial charge on any atom is 0.264 e. The van der Waals surface area contributed by atoms with Gasteiger partial charge in [0.25, 0.3) is 5.91 Å². The SMILES string of the molecule is COc1ccc(C2(c3ccc(OC)cc3)NC(=N)N(C3CCC(C)CC3)C2=O)cc1. The third kappa shape index (κ3) is 3.30. The molecule has 1 saturated carbocycles. The molecule has 2 N–H and O–H groups in total. The van der Waals surface area contributed by atoms with Crippen LogP contribution in [-0.4, -0.2) is 37.0 Å². The molecule has 0 aromatic heterocycles. The largest absolute Gasteiger partial charge is 0.497 e. The quantitative estimate of drug-likeness (QED) is 0.789. The number of hydrogen-bond donors (Lipinski definition) is 2. The fraction of sp³-hybridized carbons (Fsp3) is 0.417. The number of nitrogens with one attached hydrogen (secondary N) is 2. The van der Waals surface area contributed by atoms with E-state index in [2.05, 4.69) is 12.2 Å². The Morgan fingerprint density at radius 2 is 1.37 bits per heavy atom. The summed E-state index contributed by atoms with van der Waals surface area (Å²) in [6, 6.07) is 15.1. The fourth-order valence-electron chi connectivity index (χ4n) is 4.66. The molecule has 2 fully saturated rings. The zero-order chi connectivity index (χ0) is 21.3. The van der Waals surface area contributed by atoms with Crippen molar-refractivity contribution in [3.63, 3.8) is 0 Å². The number of ether oxygens (including phenoxy) is 2. The topological polar surface area (TPSA) is 74.7 Å². The predicted octanol–water partition coefficient (Wildman–Crippen LogP) is 3.89. The molecule has 1 saturated heterocycles. The Morgan fingerprint density at radius 3 is 1.80 bits per heavy atom. The summed E-state index contributed by atoms with van der Waals surface area (Å²) in [5, 5.41) is 11.9. The molecule has 0 radical (unpaired) electrons. The van der Waals surface area contributed by atoms with Gasteiger partial charge in [-0.15, -0.1) is 0 Å². The normalized spacial score (nSPS) is 23.2. The van der Waals surface area contributed by atoms with Gasteiger partial charge in [0.2, 0.25) is 0 Å². The van der Waals surface area contributed by atoms with Crippen LogP contribution in [0.15, 0.2) is 48.5 Å². The number of guanidine groups is 1. The molecule has 0 spiro atoms. The molecule has 6 heteroatoms. The third-order valence-corrected chi connectivity index (χ3v) is 6.48. The van der Waals surface area contributed by atoms with E-state index in [4.69, 9.17) is 14.9 Å². The van der Waals surface area contributed by atoms with Crippen molar-refractivity contribution in [1.29, 1.82) is 5.41 Å². The van der Waals surface area contributed by atoms with Crippen LogP contribution in [0, 0.1) is 11.3 Å². The average molecular weight is 408 g/mol. The highest BCUT2D eigenvalue weighted by Crippen LogP contribution is 2.40. The van der Waals surface area contributed by atoms with E-state index in [-0.39, 0.29) is 17.9 Å². The second-order valence-corrected chi connectivity index (χ2v) is 8.27. The molecule has 30 heavy (non-hydrogen) atoms. The number of benzene rings is 2. The van der Waals surface area contributed by atoms with Crippen LogP contribution in [-0.2, 0) is 10.3 Å². The zero-order valence-electron chi connectivity index (χ0n) is 17.8. The summed E-state index contributed by atoms with van der Waals surface area (Å²) in [6.07, 6.45) is 4.02. The van der Waals surface area contributed by atoms with Crippen LogP contribution in [0.4, 0.5) is 0 Å². The molecule has 1 heterocycles. The molecule has 0 unspecified atom stereocenters. The number of hydrogen-bond acceptors (Lipinski definition) is 4. The van der Waals surface area contributed by atoms with Crippen molar-refractivity contribution in [1.82, 2.24) is 10.2 Å². The van der Waals surface area contributed by atoms with Gasteiger partial charge in [-0.25, -0.2) is 0 Å². The predicted molar refractivity (Wildman–Crippen MR) is 116 cm³/mol. The number of methoxy groups -OCH3 is 2. The monoisotopic (exact) mass is 407 g/mol. The minimum atomic E-state index is -1.14. The van der Waals surface area contributed by atoms with Crippen LogP contribution in [0.25, 0.3) is 0 Å². The summed E-state index contributed by atoms with van der Waals surface area (Å²) in [7, 11) is 3.24. The van der Waals surface area contributed by atoms with Crippen molar-refractivity contribution < 1.29 is 14.3 Å². The molecule has 2 aromatic rings. The van der Waals surface area contributed by atoms with E-state index in [1.807, 2.05) is 48.5 Å². The van der Waals surface area contributed by atoms with Gasteiger partial charge in [0.1, 0.15) is 11.5 Å². The number of amides is 1. The lowest BCUT2D eigenvalue weighted by molar-refractivity contribution is -0.132. The van der Waals surface area contributed by atoms with Gasteiger partial charge in [-0.2, -0.15) is 0 Å². The van der Waals surface area contributed by atoms with Crippen molar-refractivity contribution >= 4 is 11.9 Å². The second-order valence-electron chi connectivity index (χ2n) is 8.27. The van der Waals surface area contributed by atoms with Crippen molar-refractivity contribution in [2.75, 3.05) is 14.2 Å². The fourth-order valence-corrected chi connectivity index (χ4v) is 4.66. The van der Waals surface area contributed by atoms with Crippen LogP contribution in [0.2, 0.25) is 0 Å². The third-order valence-electron chi connectivity index (χ3n) is 6.48. The first-order chi connectivity index (χ1) is 14.5. The molecule has 4 rings (SSSR count). The highest BCUT2D eigenvalue weighted by atomic mass is 16.5. The highest BCUT2D eigenvalue weighted by Gasteiger charge is 2.54. The maximum atomic E-state index is 14.0. The molecule has 1 amide bonds. The van der Waals surface area contributed by atoms with E-state index in [1.54, 1.807) is 19.1 Å². The summed E-state index contributed by atoms with van der Waals surface area (Å²) < 4.78 is 10.6. The summed E-state index contributed by atoms with van der Waals surface area (Å²) >= 11 is 0. The van der Waals surface area contributed by atoms with Crippen LogP contribution in [0.1, 0.15) is 43.7 Å². The molecular weight excluding hydrogens is 378 g/mol. The first-order valence-electron chi connectivity index (χ1n) is 10.5. The van der Waals surface area contributed by atoms with Crippen molar-refractivity contribution in [2.24, 2.45) is 5.92 Å². The Morgan fingerprint density at radius 1 is 0.900 bits per heavy atom. The highest BCUT2D eigenvalue weighted by molar-refractivity contribution is 6.10. The van der Waals surface area contributed by atoms with Crippen LogP contribution in [0.3, 0.4) is 0 Å². The van der Waals surface area contributed by atoms with Crippen molar-refractivity contribution in [2.45, 2.75) is 44.2 Å². The van der Waals surface area contributed by atoms with Gasteiger partial charge in [0.05, 0.1) is 14.2 Å². The van der Waals surface area contributed by atoms with E-state index in [0.717, 1.165) is 48.3 Å². The molecule has 0 bridgehead atoms. The molecule has 2 aromatic carbocycles. The van der Waals surface area contributed by atoms with Gasteiger partial charge in [-0.05, 0) is 67.0 Å². The lowest BCUT2D eigenvalue weighted by Gasteiger charge is -2.34. The summed E-state index contributed by atoms with van der Waals surface area (Å²) in [6.45, 7) is 2.25. The molecule has 6 nitrogen and oxygen atoms in total. The van der Waals surface area contributed by atoms with Gasteiger partial charge in [0, 0.05) is 6.04 Å². The Labute approximate surface area is 177 Å². The van der Waals surface area contributed by atoms with E-state index >= 15 is 0 Å². The van der Waals surface area contributed by atoms with Gasteiger partial charge < -0.3 is 14.8 Å². The maximum absolute atomic E-state index is 14.0. The van der Waals surface area contributed by atoms with E-state index in [0.29, 0.717) is 5.92 Å². The van der Waals surface area contributed by atoms with E-state index in [1.165, 1.54) is 0 Å². The molecule has 1 aliphatic heterocycles. The average Bonchev–Trinajstić information content (AvgIpc) is 3.05. The first kappa shape index (κ1) is 20.3.